The van der Waals surface area contributed by atoms with E-state index in [2.05, 4.69) is 5.32 Å². The first-order valence-electron chi connectivity index (χ1n) is 11.1. The van der Waals surface area contributed by atoms with Gasteiger partial charge in [-0.3, -0.25) is 9.10 Å². The maximum atomic E-state index is 13.4. The van der Waals surface area contributed by atoms with Crippen molar-refractivity contribution in [3.8, 4) is 5.75 Å². The van der Waals surface area contributed by atoms with E-state index in [0.717, 1.165) is 16.8 Å². The molecule has 2 aromatic rings. The number of anilines is 2. The van der Waals surface area contributed by atoms with E-state index in [9.17, 15) is 13.2 Å². The molecule has 1 atom stereocenters. The smallest absolute Gasteiger partial charge is 0.304 e. The van der Waals surface area contributed by atoms with E-state index < -0.39 is 10.2 Å². The van der Waals surface area contributed by atoms with Gasteiger partial charge in [0.2, 0.25) is 5.91 Å². The van der Waals surface area contributed by atoms with Crippen molar-refractivity contribution >= 4 is 27.5 Å². The summed E-state index contributed by atoms with van der Waals surface area (Å²) in [6.45, 7) is 9.16. The van der Waals surface area contributed by atoms with Crippen molar-refractivity contribution in [3.63, 3.8) is 0 Å². The zero-order chi connectivity index (χ0) is 23.3. The van der Waals surface area contributed by atoms with Gasteiger partial charge in [0.05, 0.1) is 18.2 Å². The lowest BCUT2D eigenvalue weighted by Gasteiger charge is -2.35. The van der Waals surface area contributed by atoms with Crippen molar-refractivity contribution in [1.82, 2.24) is 4.31 Å². The van der Waals surface area contributed by atoms with Crippen LogP contribution in [0.3, 0.4) is 0 Å². The number of hydrogen-bond donors (Lipinski definition) is 1. The molecule has 7 nitrogen and oxygen atoms in total. The lowest BCUT2D eigenvalue weighted by Crippen LogP contribution is -2.50. The summed E-state index contributed by atoms with van der Waals surface area (Å²) in [5, 5.41) is 2.96. The SMILES string of the molecule is CCOc1ccc(N(CC)S(=O)(=O)N2CCCC(C(=O)Nc3ccc(C)c(C)c3)C2)cc1. The molecule has 1 amide bonds. The molecule has 8 heteroatoms. The van der Waals surface area contributed by atoms with Gasteiger partial charge in [-0.1, -0.05) is 6.07 Å². The highest BCUT2D eigenvalue weighted by Gasteiger charge is 2.35. The first kappa shape index (κ1) is 24.1. The van der Waals surface area contributed by atoms with Crippen molar-refractivity contribution in [3.05, 3.63) is 53.6 Å². The van der Waals surface area contributed by atoms with Crippen molar-refractivity contribution in [2.75, 3.05) is 35.9 Å². The Morgan fingerprint density at radius 2 is 1.84 bits per heavy atom. The standard InChI is InChI=1S/C24H33N3O4S/c1-5-27(22-11-13-23(14-12-22)31-6-2)32(29,30)26-15-7-8-20(17-26)24(28)25-21-10-9-18(3)19(4)16-21/h9-14,16,20H,5-8,15,17H2,1-4H3,(H,25,28). The van der Waals surface area contributed by atoms with Gasteiger partial charge in [0.25, 0.3) is 0 Å². The molecule has 0 aliphatic carbocycles. The van der Waals surface area contributed by atoms with Crippen molar-refractivity contribution in [2.45, 2.75) is 40.5 Å². The van der Waals surface area contributed by atoms with Gasteiger partial charge < -0.3 is 10.1 Å². The molecule has 32 heavy (non-hydrogen) atoms. The van der Waals surface area contributed by atoms with Crippen LogP contribution >= 0.6 is 0 Å². The molecule has 2 aromatic carbocycles. The number of rotatable bonds is 8. The van der Waals surface area contributed by atoms with Crippen LogP contribution in [0.5, 0.6) is 5.75 Å². The third-order valence-corrected chi connectivity index (χ3v) is 7.87. The Morgan fingerprint density at radius 1 is 1.12 bits per heavy atom. The molecule has 1 unspecified atom stereocenters. The Kier molecular flexibility index (Phi) is 7.79. The minimum Gasteiger partial charge on any atom is -0.494 e. The van der Waals surface area contributed by atoms with Gasteiger partial charge in [0, 0.05) is 25.3 Å². The molecule has 1 N–H and O–H groups in total. The van der Waals surface area contributed by atoms with Crippen LogP contribution in [0.2, 0.25) is 0 Å². The molecule has 1 heterocycles. The van der Waals surface area contributed by atoms with Gasteiger partial charge in [-0.05, 0) is 88.1 Å². The third kappa shape index (κ3) is 5.42. The van der Waals surface area contributed by atoms with E-state index in [1.807, 2.05) is 45.9 Å². The minimum absolute atomic E-state index is 0.141. The third-order valence-electron chi connectivity index (χ3n) is 5.86. The molecule has 0 saturated carbocycles. The number of amides is 1. The fraction of sp³-hybridized carbons (Fsp3) is 0.458. The first-order valence-corrected chi connectivity index (χ1v) is 12.5. The van der Waals surface area contributed by atoms with Crippen LogP contribution in [0.4, 0.5) is 11.4 Å². The second-order valence-corrected chi connectivity index (χ2v) is 9.94. The first-order chi connectivity index (χ1) is 15.3. The van der Waals surface area contributed by atoms with Crippen LogP contribution in [-0.4, -0.2) is 44.9 Å². The van der Waals surface area contributed by atoms with Crippen LogP contribution in [0.1, 0.15) is 37.8 Å². The number of nitrogens with zero attached hydrogens (tertiary/aromatic N) is 2. The zero-order valence-corrected chi connectivity index (χ0v) is 20.1. The summed E-state index contributed by atoms with van der Waals surface area (Å²) in [5.41, 5.74) is 3.58. The normalized spacial score (nSPS) is 17.1. The molecule has 0 bridgehead atoms. The molecular formula is C24H33N3O4S. The van der Waals surface area contributed by atoms with E-state index in [4.69, 9.17) is 4.74 Å². The van der Waals surface area contributed by atoms with Crippen LogP contribution in [-0.2, 0) is 15.0 Å². The number of piperidine rings is 1. The molecule has 1 aliphatic heterocycles. The topological polar surface area (TPSA) is 79.0 Å². The van der Waals surface area contributed by atoms with Gasteiger partial charge >= 0.3 is 10.2 Å². The second kappa shape index (κ2) is 10.4. The molecule has 0 aromatic heterocycles. The Balaban J connectivity index is 1.72. The average molecular weight is 460 g/mol. The molecule has 3 rings (SSSR count). The van der Waals surface area contributed by atoms with Gasteiger partial charge in [0.1, 0.15) is 5.75 Å². The van der Waals surface area contributed by atoms with Crippen molar-refractivity contribution in [2.24, 2.45) is 5.92 Å². The maximum Gasteiger partial charge on any atom is 0.304 e. The summed E-state index contributed by atoms with van der Waals surface area (Å²) >= 11 is 0. The Labute approximate surface area is 191 Å². The molecule has 174 valence electrons. The van der Waals surface area contributed by atoms with Crippen LogP contribution in [0, 0.1) is 19.8 Å². The predicted octanol–water partition coefficient (Wildman–Crippen LogP) is 4.12. The van der Waals surface area contributed by atoms with E-state index in [1.165, 1.54) is 8.61 Å². The monoisotopic (exact) mass is 459 g/mol. The van der Waals surface area contributed by atoms with Crippen molar-refractivity contribution < 1.29 is 17.9 Å². The number of carbonyl (C=O) groups excluding carboxylic acids is 1. The quantitative estimate of drug-likeness (QED) is 0.644. The maximum absolute atomic E-state index is 13.4. The number of hydrogen-bond acceptors (Lipinski definition) is 4. The summed E-state index contributed by atoms with van der Waals surface area (Å²) in [6, 6.07) is 12.8. The Hall–Kier alpha value is -2.58. The van der Waals surface area contributed by atoms with Crippen LogP contribution in [0.15, 0.2) is 42.5 Å². The largest absolute Gasteiger partial charge is 0.494 e. The molecule has 0 spiro atoms. The zero-order valence-electron chi connectivity index (χ0n) is 19.3. The van der Waals surface area contributed by atoms with Gasteiger partial charge in [-0.2, -0.15) is 12.7 Å². The van der Waals surface area contributed by atoms with Crippen molar-refractivity contribution in [1.29, 1.82) is 0 Å². The Bertz CT molecular complexity index is 1040. The lowest BCUT2D eigenvalue weighted by molar-refractivity contribution is -0.120. The van der Waals surface area contributed by atoms with Gasteiger partial charge in [0.15, 0.2) is 0 Å². The number of ether oxygens (including phenoxy) is 1. The van der Waals surface area contributed by atoms with Crippen LogP contribution < -0.4 is 14.4 Å². The van der Waals surface area contributed by atoms with Crippen LogP contribution in [0.25, 0.3) is 0 Å². The number of benzene rings is 2. The number of nitrogens with one attached hydrogen (secondary N) is 1. The van der Waals surface area contributed by atoms with E-state index >= 15 is 0 Å². The fourth-order valence-electron chi connectivity index (χ4n) is 3.92. The molecule has 0 radical (unpaired) electrons. The van der Waals surface area contributed by atoms with E-state index in [-0.39, 0.29) is 18.4 Å². The fourth-order valence-corrected chi connectivity index (χ4v) is 5.64. The van der Waals surface area contributed by atoms with E-state index in [0.29, 0.717) is 44.0 Å². The summed E-state index contributed by atoms with van der Waals surface area (Å²) < 4.78 is 35.1. The van der Waals surface area contributed by atoms with Gasteiger partial charge in [-0.15, -0.1) is 0 Å². The molecule has 1 saturated heterocycles. The van der Waals surface area contributed by atoms with E-state index in [1.54, 1.807) is 24.3 Å². The number of carbonyl (C=O) groups is 1. The summed E-state index contributed by atoms with van der Waals surface area (Å²) in [7, 11) is -3.76. The predicted molar refractivity (Wildman–Crippen MR) is 128 cm³/mol. The highest BCUT2D eigenvalue weighted by Crippen LogP contribution is 2.27. The lowest BCUT2D eigenvalue weighted by atomic mass is 9.98. The second-order valence-electron chi connectivity index (χ2n) is 8.08. The highest BCUT2D eigenvalue weighted by molar-refractivity contribution is 7.90. The highest BCUT2D eigenvalue weighted by atomic mass is 32.2. The molecule has 1 aliphatic rings. The minimum atomic E-state index is -3.76. The number of aryl methyl sites for hydroxylation is 2. The Morgan fingerprint density at radius 3 is 2.47 bits per heavy atom. The summed E-state index contributed by atoms with van der Waals surface area (Å²) in [6.07, 6.45) is 1.31. The molecular weight excluding hydrogens is 426 g/mol. The summed E-state index contributed by atoms with van der Waals surface area (Å²) in [5.74, 6) is 0.169. The summed E-state index contributed by atoms with van der Waals surface area (Å²) in [4.78, 5) is 12.9. The molecule has 1 fully saturated rings. The van der Waals surface area contributed by atoms with Gasteiger partial charge in [-0.25, -0.2) is 0 Å². The average Bonchev–Trinajstić information content (AvgIpc) is 2.78.